The summed E-state index contributed by atoms with van der Waals surface area (Å²) in [6.45, 7) is 5.80. The van der Waals surface area contributed by atoms with Crippen LogP contribution in [0.1, 0.15) is 25.7 Å². The van der Waals surface area contributed by atoms with Gasteiger partial charge in [-0.1, -0.05) is 0 Å². The van der Waals surface area contributed by atoms with Gasteiger partial charge < -0.3 is 15.0 Å². The van der Waals surface area contributed by atoms with Gasteiger partial charge in [-0.2, -0.15) is 0 Å². The summed E-state index contributed by atoms with van der Waals surface area (Å²) in [7, 11) is 2.34. The Hall–Kier alpha value is -0.120. The second-order valence-electron chi connectivity index (χ2n) is 6.30. The van der Waals surface area contributed by atoms with Gasteiger partial charge in [-0.3, -0.25) is 0 Å². The molecule has 17 heavy (non-hydrogen) atoms. The molecule has 0 bridgehead atoms. The monoisotopic (exact) mass is 238 g/mol. The summed E-state index contributed by atoms with van der Waals surface area (Å²) >= 11 is 0. The fourth-order valence-electron chi connectivity index (χ4n) is 3.98. The van der Waals surface area contributed by atoms with Crippen LogP contribution in [0.15, 0.2) is 0 Å². The number of hydrogen-bond donors (Lipinski definition) is 1. The minimum Gasteiger partial charge on any atom is -0.381 e. The van der Waals surface area contributed by atoms with Crippen molar-refractivity contribution in [3.05, 3.63) is 0 Å². The van der Waals surface area contributed by atoms with Crippen molar-refractivity contribution >= 4 is 0 Å². The van der Waals surface area contributed by atoms with Crippen LogP contribution in [0.5, 0.6) is 0 Å². The summed E-state index contributed by atoms with van der Waals surface area (Å²) in [4.78, 5) is 2.65. The van der Waals surface area contributed by atoms with Crippen LogP contribution in [0.25, 0.3) is 0 Å². The van der Waals surface area contributed by atoms with E-state index in [1.165, 1.54) is 45.3 Å². The van der Waals surface area contributed by atoms with Crippen molar-refractivity contribution in [2.75, 3.05) is 39.9 Å². The molecule has 2 saturated heterocycles. The van der Waals surface area contributed by atoms with E-state index in [2.05, 4.69) is 17.3 Å². The van der Waals surface area contributed by atoms with Crippen molar-refractivity contribution < 1.29 is 4.74 Å². The van der Waals surface area contributed by atoms with E-state index in [0.29, 0.717) is 0 Å². The molecule has 3 heteroatoms. The maximum absolute atomic E-state index is 5.44. The molecule has 0 aromatic rings. The van der Waals surface area contributed by atoms with Crippen LogP contribution in [0, 0.1) is 17.8 Å². The predicted molar refractivity (Wildman–Crippen MR) is 69.0 cm³/mol. The lowest BCUT2D eigenvalue weighted by Crippen LogP contribution is -2.36. The Kier molecular flexibility index (Phi) is 3.69. The number of hydrogen-bond acceptors (Lipinski definition) is 3. The molecule has 2 heterocycles. The summed E-state index contributed by atoms with van der Waals surface area (Å²) in [6.07, 6.45) is 5.39. The number of rotatable bonds is 3. The molecule has 2 aliphatic heterocycles. The second-order valence-corrected chi connectivity index (χ2v) is 6.30. The molecule has 0 aromatic heterocycles. The average Bonchev–Trinajstić information content (AvgIpc) is 2.90. The van der Waals surface area contributed by atoms with Gasteiger partial charge in [-0.25, -0.2) is 0 Å². The van der Waals surface area contributed by atoms with E-state index < -0.39 is 0 Å². The Labute approximate surface area is 105 Å². The van der Waals surface area contributed by atoms with E-state index in [1.54, 1.807) is 0 Å². The Bertz CT molecular complexity index is 241. The van der Waals surface area contributed by atoms with E-state index in [9.17, 15) is 0 Å². The molecule has 98 valence electrons. The van der Waals surface area contributed by atoms with Crippen molar-refractivity contribution in [1.29, 1.82) is 0 Å². The Morgan fingerprint density at radius 1 is 1.12 bits per heavy atom. The van der Waals surface area contributed by atoms with Gasteiger partial charge in [0, 0.05) is 25.8 Å². The molecular formula is C14H26N2O. The van der Waals surface area contributed by atoms with E-state index in [-0.39, 0.29) is 0 Å². The first-order valence-electron chi connectivity index (χ1n) is 7.31. The Balaban J connectivity index is 1.47. The molecule has 0 aromatic carbocycles. The molecule has 1 saturated carbocycles. The number of fused-ring (bicyclic) bond motifs is 1. The van der Waals surface area contributed by atoms with Crippen molar-refractivity contribution in [2.24, 2.45) is 17.8 Å². The van der Waals surface area contributed by atoms with Crippen LogP contribution < -0.4 is 5.32 Å². The van der Waals surface area contributed by atoms with Crippen molar-refractivity contribution in [1.82, 2.24) is 10.2 Å². The summed E-state index contributed by atoms with van der Waals surface area (Å²) in [6, 6.07) is 0.856. The third kappa shape index (κ3) is 2.67. The van der Waals surface area contributed by atoms with Crippen LogP contribution >= 0.6 is 0 Å². The molecule has 2 atom stereocenters. The van der Waals surface area contributed by atoms with Crippen LogP contribution in [-0.4, -0.2) is 50.8 Å². The number of ether oxygens (including phenoxy) is 1. The summed E-state index contributed by atoms with van der Waals surface area (Å²) in [5.41, 5.74) is 0. The summed E-state index contributed by atoms with van der Waals surface area (Å²) in [5, 5.41) is 3.53. The Morgan fingerprint density at radius 2 is 1.76 bits per heavy atom. The standard InChI is InChI=1S/C14H26N2O/c1-16(10-11-2-4-17-5-3-11)14-6-12-8-15-9-13(12)7-14/h11-15H,2-10H2,1H3. The maximum atomic E-state index is 5.44. The van der Waals surface area contributed by atoms with E-state index in [0.717, 1.165) is 37.0 Å². The highest BCUT2D eigenvalue weighted by molar-refractivity contribution is 4.94. The van der Waals surface area contributed by atoms with Crippen LogP contribution in [0.4, 0.5) is 0 Å². The lowest BCUT2D eigenvalue weighted by molar-refractivity contribution is 0.0502. The fourth-order valence-corrected chi connectivity index (χ4v) is 3.98. The Morgan fingerprint density at radius 3 is 2.41 bits per heavy atom. The molecule has 1 N–H and O–H groups in total. The highest BCUT2D eigenvalue weighted by Gasteiger charge is 2.38. The molecule has 2 unspecified atom stereocenters. The third-order valence-electron chi connectivity index (χ3n) is 5.14. The molecule has 0 radical (unpaired) electrons. The van der Waals surface area contributed by atoms with Crippen molar-refractivity contribution in [2.45, 2.75) is 31.7 Å². The zero-order valence-corrected chi connectivity index (χ0v) is 11.0. The van der Waals surface area contributed by atoms with Gasteiger partial charge >= 0.3 is 0 Å². The quantitative estimate of drug-likeness (QED) is 0.803. The molecule has 0 amide bonds. The molecule has 1 aliphatic carbocycles. The van der Waals surface area contributed by atoms with Gasteiger partial charge in [-0.05, 0) is 63.6 Å². The first-order chi connectivity index (χ1) is 8.33. The number of nitrogens with zero attached hydrogens (tertiary/aromatic N) is 1. The molecule has 3 fully saturated rings. The summed E-state index contributed by atoms with van der Waals surface area (Å²) < 4.78 is 5.44. The SMILES string of the molecule is CN(CC1CCOCC1)C1CC2CNCC2C1. The van der Waals surface area contributed by atoms with Gasteiger partial charge in [0.25, 0.3) is 0 Å². The first-order valence-corrected chi connectivity index (χ1v) is 7.31. The van der Waals surface area contributed by atoms with Gasteiger partial charge in [0.05, 0.1) is 0 Å². The minimum absolute atomic E-state index is 0.856. The second kappa shape index (κ2) is 5.25. The molecule has 3 nitrogen and oxygen atoms in total. The van der Waals surface area contributed by atoms with Crippen LogP contribution in [0.3, 0.4) is 0 Å². The largest absolute Gasteiger partial charge is 0.381 e. The smallest absolute Gasteiger partial charge is 0.0469 e. The zero-order valence-electron chi connectivity index (χ0n) is 11.0. The van der Waals surface area contributed by atoms with Gasteiger partial charge in [0.2, 0.25) is 0 Å². The molecule has 0 spiro atoms. The topological polar surface area (TPSA) is 24.5 Å². The normalized spacial score (nSPS) is 38.8. The third-order valence-corrected chi connectivity index (χ3v) is 5.14. The van der Waals surface area contributed by atoms with Gasteiger partial charge in [0.15, 0.2) is 0 Å². The fraction of sp³-hybridized carbons (Fsp3) is 1.00. The van der Waals surface area contributed by atoms with Crippen LogP contribution in [0.2, 0.25) is 0 Å². The predicted octanol–water partition coefficient (Wildman–Crippen LogP) is 1.34. The molecular weight excluding hydrogens is 212 g/mol. The first kappa shape index (κ1) is 11.9. The minimum atomic E-state index is 0.856. The molecule has 3 aliphatic rings. The highest BCUT2D eigenvalue weighted by atomic mass is 16.5. The van der Waals surface area contributed by atoms with Crippen molar-refractivity contribution in [3.8, 4) is 0 Å². The van der Waals surface area contributed by atoms with Gasteiger partial charge in [0.1, 0.15) is 0 Å². The van der Waals surface area contributed by atoms with E-state index in [4.69, 9.17) is 4.74 Å². The van der Waals surface area contributed by atoms with E-state index >= 15 is 0 Å². The lowest BCUT2D eigenvalue weighted by Gasteiger charge is -2.31. The number of nitrogens with one attached hydrogen (secondary N) is 1. The lowest BCUT2D eigenvalue weighted by atomic mass is 9.99. The summed E-state index contributed by atoms with van der Waals surface area (Å²) in [5.74, 6) is 2.82. The molecule has 3 rings (SSSR count). The highest BCUT2D eigenvalue weighted by Crippen LogP contribution is 2.37. The van der Waals surface area contributed by atoms with Crippen molar-refractivity contribution in [3.63, 3.8) is 0 Å². The maximum Gasteiger partial charge on any atom is 0.0469 e. The van der Waals surface area contributed by atoms with Gasteiger partial charge in [-0.15, -0.1) is 0 Å². The van der Waals surface area contributed by atoms with Crippen LogP contribution in [-0.2, 0) is 4.74 Å². The van der Waals surface area contributed by atoms with E-state index in [1.807, 2.05) is 0 Å². The average molecular weight is 238 g/mol. The zero-order chi connectivity index (χ0) is 11.7.